The van der Waals surface area contributed by atoms with E-state index in [4.69, 9.17) is 6.42 Å². The molecule has 0 saturated heterocycles. The fourth-order valence-corrected chi connectivity index (χ4v) is 2.02. The maximum Gasteiger partial charge on any atom is 0.130 e. The Morgan fingerprint density at radius 2 is 2.17 bits per heavy atom. The van der Waals surface area contributed by atoms with Gasteiger partial charge in [-0.25, -0.2) is 4.98 Å². The molecule has 1 heterocycles. The van der Waals surface area contributed by atoms with Gasteiger partial charge in [-0.1, -0.05) is 37.5 Å². The average Bonchev–Trinajstić information content (AvgIpc) is 2.39. The van der Waals surface area contributed by atoms with Crippen molar-refractivity contribution in [3.05, 3.63) is 35.9 Å². The molecule has 1 aromatic heterocycles. The fraction of sp³-hybridized carbons (Fsp3) is 0.312. The van der Waals surface area contributed by atoms with Gasteiger partial charge in [-0.05, 0) is 31.0 Å². The average molecular weight is 238 g/mol. The number of pyridine rings is 1. The summed E-state index contributed by atoms with van der Waals surface area (Å²) in [6.07, 6.45) is 7.56. The van der Waals surface area contributed by atoms with Gasteiger partial charge in [0, 0.05) is 5.39 Å². The molecule has 0 bridgehead atoms. The third-order valence-electron chi connectivity index (χ3n) is 3.00. The molecule has 1 N–H and O–H groups in total. The summed E-state index contributed by atoms with van der Waals surface area (Å²) in [5.41, 5.74) is 2.13. The van der Waals surface area contributed by atoms with Crippen molar-refractivity contribution in [1.29, 1.82) is 0 Å². The molecule has 0 amide bonds. The Labute approximate surface area is 108 Å². The Hall–Kier alpha value is -2.01. The number of hydrogen-bond acceptors (Lipinski definition) is 2. The van der Waals surface area contributed by atoms with E-state index in [1.54, 1.807) is 0 Å². The maximum atomic E-state index is 5.53. The molecule has 2 rings (SSSR count). The van der Waals surface area contributed by atoms with Crippen molar-refractivity contribution < 1.29 is 0 Å². The molecule has 1 aromatic carbocycles. The van der Waals surface area contributed by atoms with E-state index in [1.807, 2.05) is 18.2 Å². The summed E-state index contributed by atoms with van der Waals surface area (Å²) in [5, 5.41) is 4.50. The molecule has 0 spiro atoms. The zero-order valence-corrected chi connectivity index (χ0v) is 10.9. The van der Waals surface area contributed by atoms with Crippen LogP contribution in [-0.2, 0) is 0 Å². The van der Waals surface area contributed by atoms with E-state index in [0.29, 0.717) is 0 Å². The highest BCUT2D eigenvalue weighted by atomic mass is 15.0. The predicted octanol–water partition coefficient (Wildman–Crippen LogP) is 3.76. The molecule has 18 heavy (non-hydrogen) atoms. The smallest absolute Gasteiger partial charge is 0.130 e. The second kappa shape index (κ2) is 5.55. The van der Waals surface area contributed by atoms with Crippen molar-refractivity contribution in [2.45, 2.75) is 32.7 Å². The van der Waals surface area contributed by atoms with Crippen LogP contribution in [0.25, 0.3) is 10.9 Å². The first-order chi connectivity index (χ1) is 8.74. The second-order valence-corrected chi connectivity index (χ2v) is 4.50. The van der Waals surface area contributed by atoms with Crippen LogP contribution >= 0.6 is 0 Å². The summed E-state index contributed by atoms with van der Waals surface area (Å²) >= 11 is 0. The Morgan fingerprint density at radius 3 is 2.89 bits per heavy atom. The topological polar surface area (TPSA) is 24.9 Å². The van der Waals surface area contributed by atoms with Gasteiger partial charge in [0.05, 0.1) is 11.6 Å². The normalized spacial score (nSPS) is 12.1. The first-order valence-electron chi connectivity index (χ1n) is 6.33. The van der Waals surface area contributed by atoms with E-state index in [-0.39, 0.29) is 6.04 Å². The van der Waals surface area contributed by atoms with Crippen molar-refractivity contribution in [3.8, 4) is 12.3 Å². The molecule has 1 atom stereocenters. The second-order valence-electron chi connectivity index (χ2n) is 4.50. The van der Waals surface area contributed by atoms with Crippen molar-refractivity contribution >= 4 is 16.7 Å². The lowest BCUT2D eigenvalue weighted by atomic mass is 10.1. The van der Waals surface area contributed by atoms with Crippen molar-refractivity contribution in [3.63, 3.8) is 0 Å². The van der Waals surface area contributed by atoms with Crippen molar-refractivity contribution in [1.82, 2.24) is 4.98 Å². The van der Waals surface area contributed by atoms with Gasteiger partial charge in [0.25, 0.3) is 0 Å². The highest BCUT2D eigenvalue weighted by molar-refractivity contribution is 5.81. The van der Waals surface area contributed by atoms with Crippen LogP contribution in [-0.4, -0.2) is 11.0 Å². The third kappa shape index (κ3) is 2.62. The number of aromatic nitrogens is 1. The zero-order chi connectivity index (χ0) is 13.0. The van der Waals surface area contributed by atoms with Gasteiger partial charge >= 0.3 is 0 Å². The number of anilines is 1. The Bertz CT molecular complexity index is 581. The molecule has 0 fully saturated rings. The van der Waals surface area contributed by atoms with Crippen LogP contribution in [0.2, 0.25) is 0 Å². The van der Waals surface area contributed by atoms with Gasteiger partial charge in [-0.2, -0.15) is 0 Å². The van der Waals surface area contributed by atoms with Crippen LogP contribution < -0.4 is 5.32 Å². The Balaban J connectivity index is 2.33. The molecule has 1 unspecified atom stereocenters. The first kappa shape index (κ1) is 12.4. The van der Waals surface area contributed by atoms with Gasteiger partial charge in [-0.3, -0.25) is 0 Å². The number of benzene rings is 1. The quantitative estimate of drug-likeness (QED) is 0.820. The highest BCUT2D eigenvalue weighted by Crippen LogP contribution is 2.20. The standard InChI is InChI=1S/C16H18N2/c1-4-8-14(5-2)17-16-12(3)11-13-9-6-7-10-15(13)18-16/h2,6-7,9-11,14H,4,8H2,1,3H3,(H,17,18). The number of nitrogens with one attached hydrogen (secondary N) is 1. The number of para-hydroxylation sites is 1. The SMILES string of the molecule is C#CC(CCC)Nc1nc2ccccc2cc1C. The summed E-state index contributed by atoms with van der Waals surface area (Å²) in [6, 6.07) is 10.3. The van der Waals surface area contributed by atoms with Gasteiger partial charge < -0.3 is 5.32 Å². The van der Waals surface area contributed by atoms with Gasteiger partial charge in [0.15, 0.2) is 0 Å². The minimum atomic E-state index is 0.0577. The van der Waals surface area contributed by atoms with Crippen LogP contribution in [0.3, 0.4) is 0 Å². The lowest BCUT2D eigenvalue weighted by Crippen LogP contribution is -2.18. The monoisotopic (exact) mass is 238 g/mol. The molecular formula is C16H18N2. The molecular weight excluding hydrogens is 220 g/mol. The molecule has 0 saturated carbocycles. The molecule has 0 aliphatic rings. The largest absolute Gasteiger partial charge is 0.356 e. The van der Waals surface area contributed by atoms with E-state index in [9.17, 15) is 0 Å². The van der Waals surface area contributed by atoms with E-state index in [1.165, 1.54) is 0 Å². The molecule has 0 aliphatic carbocycles. The molecule has 0 radical (unpaired) electrons. The summed E-state index contributed by atoms with van der Waals surface area (Å²) in [5.74, 6) is 3.67. The van der Waals surface area contributed by atoms with Gasteiger partial charge in [0.1, 0.15) is 5.82 Å². The Morgan fingerprint density at radius 1 is 1.39 bits per heavy atom. The fourth-order valence-electron chi connectivity index (χ4n) is 2.02. The highest BCUT2D eigenvalue weighted by Gasteiger charge is 2.08. The molecule has 2 aromatic rings. The zero-order valence-electron chi connectivity index (χ0n) is 10.9. The molecule has 2 heteroatoms. The van der Waals surface area contributed by atoms with E-state index in [0.717, 1.165) is 35.1 Å². The third-order valence-corrected chi connectivity index (χ3v) is 3.00. The van der Waals surface area contributed by atoms with E-state index < -0.39 is 0 Å². The number of rotatable bonds is 4. The summed E-state index contributed by atoms with van der Waals surface area (Å²) in [6.45, 7) is 4.19. The van der Waals surface area contributed by atoms with E-state index >= 15 is 0 Å². The Kier molecular flexibility index (Phi) is 3.84. The summed E-state index contributed by atoms with van der Waals surface area (Å²) < 4.78 is 0. The number of nitrogens with zero attached hydrogens (tertiary/aromatic N) is 1. The van der Waals surface area contributed by atoms with Gasteiger partial charge in [0.2, 0.25) is 0 Å². The molecule has 0 aliphatic heterocycles. The lowest BCUT2D eigenvalue weighted by Gasteiger charge is -2.15. The molecule has 92 valence electrons. The van der Waals surface area contributed by atoms with Crippen LogP contribution in [0.4, 0.5) is 5.82 Å². The van der Waals surface area contributed by atoms with Crippen LogP contribution in [0.5, 0.6) is 0 Å². The number of fused-ring (bicyclic) bond motifs is 1. The van der Waals surface area contributed by atoms with Crippen molar-refractivity contribution in [2.24, 2.45) is 0 Å². The number of aryl methyl sites for hydroxylation is 1. The first-order valence-corrected chi connectivity index (χ1v) is 6.33. The molecule has 2 nitrogen and oxygen atoms in total. The van der Waals surface area contributed by atoms with Crippen LogP contribution in [0.15, 0.2) is 30.3 Å². The van der Waals surface area contributed by atoms with Crippen LogP contribution in [0, 0.1) is 19.3 Å². The minimum Gasteiger partial charge on any atom is -0.356 e. The number of hydrogen-bond donors (Lipinski definition) is 1. The minimum absolute atomic E-state index is 0.0577. The summed E-state index contributed by atoms with van der Waals surface area (Å²) in [4.78, 5) is 4.64. The maximum absolute atomic E-state index is 5.53. The van der Waals surface area contributed by atoms with E-state index in [2.05, 4.69) is 42.2 Å². The van der Waals surface area contributed by atoms with Crippen LogP contribution in [0.1, 0.15) is 25.3 Å². The predicted molar refractivity (Wildman–Crippen MR) is 77.6 cm³/mol. The van der Waals surface area contributed by atoms with Gasteiger partial charge in [-0.15, -0.1) is 6.42 Å². The lowest BCUT2D eigenvalue weighted by molar-refractivity contribution is 0.752. The summed E-state index contributed by atoms with van der Waals surface area (Å²) in [7, 11) is 0. The van der Waals surface area contributed by atoms with Crippen molar-refractivity contribution in [2.75, 3.05) is 5.32 Å². The number of terminal acetylenes is 1.